The highest BCUT2D eigenvalue weighted by molar-refractivity contribution is 6.44. The van der Waals surface area contributed by atoms with Gasteiger partial charge in [-0.05, 0) is 6.92 Å². The molecule has 0 radical (unpaired) electrons. The van der Waals surface area contributed by atoms with E-state index in [0.717, 1.165) is 4.90 Å². The Bertz CT molecular complexity index is 456. The summed E-state index contributed by atoms with van der Waals surface area (Å²) in [5.41, 5.74) is 0. The van der Waals surface area contributed by atoms with Crippen LogP contribution < -0.4 is 5.32 Å². The number of nitrogens with one attached hydrogen (secondary N) is 1. The van der Waals surface area contributed by atoms with E-state index in [9.17, 15) is 19.2 Å². The second-order valence-corrected chi connectivity index (χ2v) is 4.68. The van der Waals surface area contributed by atoms with Crippen LogP contribution in [0.1, 0.15) is 6.92 Å². The number of likely N-dealkylation sites (N-methyl/N-ethyl adjacent to an activating group) is 1. The van der Waals surface area contributed by atoms with Crippen LogP contribution >= 0.6 is 12.4 Å². The molecule has 2 saturated heterocycles. The van der Waals surface area contributed by atoms with Crippen LogP contribution in [0, 0.1) is 0 Å². The van der Waals surface area contributed by atoms with Crippen molar-refractivity contribution in [3.8, 4) is 0 Å². The standard InChI is InChI=1S/C11H16N4O4.ClH/c1-7-5-12-3-4-14(7)8(16)6-15-10(18)9(17)13(2)11(15)19;/h7,12H,3-6H2,1-2H3;1H/t7-;/m0./s1. The summed E-state index contributed by atoms with van der Waals surface area (Å²) in [6.45, 7) is 3.39. The summed E-state index contributed by atoms with van der Waals surface area (Å²) in [5, 5.41) is 3.14. The molecule has 1 atom stereocenters. The summed E-state index contributed by atoms with van der Waals surface area (Å²) < 4.78 is 0. The summed E-state index contributed by atoms with van der Waals surface area (Å²) in [4.78, 5) is 49.7. The van der Waals surface area contributed by atoms with Gasteiger partial charge in [0.2, 0.25) is 5.91 Å². The first-order chi connectivity index (χ1) is 8.93. The molecule has 0 aromatic heterocycles. The number of halogens is 1. The van der Waals surface area contributed by atoms with Crippen LogP contribution in [0.25, 0.3) is 0 Å². The lowest BCUT2D eigenvalue weighted by Crippen LogP contribution is -2.55. The summed E-state index contributed by atoms with van der Waals surface area (Å²) >= 11 is 0. The van der Waals surface area contributed by atoms with E-state index >= 15 is 0 Å². The normalized spacial score (nSPS) is 23.2. The van der Waals surface area contributed by atoms with Gasteiger partial charge >= 0.3 is 17.8 Å². The molecule has 0 aromatic rings. The third-order valence-corrected chi connectivity index (χ3v) is 3.37. The Hall–Kier alpha value is -1.67. The van der Waals surface area contributed by atoms with Crippen LogP contribution in [0.15, 0.2) is 0 Å². The largest absolute Gasteiger partial charge is 0.336 e. The van der Waals surface area contributed by atoms with Crippen LogP contribution in [-0.4, -0.2) is 77.7 Å². The van der Waals surface area contributed by atoms with Crippen LogP contribution in [0.3, 0.4) is 0 Å². The van der Waals surface area contributed by atoms with Crippen LogP contribution in [0.5, 0.6) is 0 Å². The Labute approximate surface area is 122 Å². The van der Waals surface area contributed by atoms with E-state index in [1.54, 1.807) is 4.90 Å². The van der Waals surface area contributed by atoms with E-state index in [1.807, 2.05) is 6.92 Å². The van der Waals surface area contributed by atoms with Gasteiger partial charge in [-0.3, -0.25) is 19.3 Å². The molecule has 8 nitrogen and oxygen atoms in total. The summed E-state index contributed by atoms with van der Waals surface area (Å²) in [6.07, 6.45) is 0. The summed E-state index contributed by atoms with van der Waals surface area (Å²) in [7, 11) is 1.22. The Kier molecular flexibility index (Phi) is 5.07. The number of carbonyl (C=O) groups is 4. The number of hydrogen-bond donors (Lipinski definition) is 1. The maximum atomic E-state index is 12.1. The molecule has 9 heteroatoms. The highest BCUT2D eigenvalue weighted by Gasteiger charge is 2.43. The number of carbonyl (C=O) groups excluding carboxylic acids is 4. The molecule has 0 spiro atoms. The van der Waals surface area contributed by atoms with Crippen molar-refractivity contribution < 1.29 is 19.2 Å². The van der Waals surface area contributed by atoms with E-state index in [2.05, 4.69) is 5.32 Å². The Morgan fingerprint density at radius 3 is 2.45 bits per heavy atom. The Balaban J connectivity index is 0.00000200. The van der Waals surface area contributed by atoms with Crippen molar-refractivity contribution in [1.29, 1.82) is 0 Å². The van der Waals surface area contributed by atoms with Crippen molar-refractivity contribution >= 4 is 36.2 Å². The minimum atomic E-state index is -0.941. The molecule has 2 aliphatic heterocycles. The molecule has 0 saturated carbocycles. The lowest BCUT2D eigenvalue weighted by Gasteiger charge is -2.34. The van der Waals surface area contributed by atoms with Gasteiger partial charge in [-0.15, -0.1) is 12.4 Å². The third-order valence-electron chi connectivity index (χ3n) is 3.37. The molecule has 20 heavy (non-hydrogen) atoms. The number of imide groups is 2. The number of urea groups is 1. The average Bonchev–Trinajstić information content (AvgIpc) is 2.57. The first-order valence-corrected chi connectivity index (χ1v) is 6.07. The van der Waals surface area contributed by atoms with E-state index in [4.69, 9.17) is 0 Å². The van der Waals surface area contributed by atoms with Crippen molar-refractivity contribution in [1.82, 2.24) is 20.0 Å². The molecular weight excluding hydrogens is 288 g/mol. The molecule has 112 valence electrons. The molecule has 2 fully saturated rings. The topological polar surface area (TPSA) is 90.0 Å². The van der Waals surface area contributed by atoms with Gasteiger partial charge in [0.05, 0.1) is 0 Å². The first kappa shape index (κ1) is 16.4. The van der Waals surface area contributed by atoms with E-state index in [1.165, 1.54) is 7.05 Å². The fourth-order valence-electron chi connectivity index (χ4n) is 2.19. The Morgan fingerprint density at radius 2 is 1.95 bits per heavy atom. The summed E-state index contributed by atoms with van der Waals surface area (Å²) in [5.74, 6) is -2.16. The lowest BCUT2D eigenvalue weighted by atomic mass is 10.2. The minimum absolute atomic E-state index is 0. The third kappa shape index (κ3) is 2.75. The van der Waals surface area contributed by atoms with Crippen molar-refractivity contribution in [3.05, 3.63) is 0 Å². The average molecular weight is 305 g/mol. The van der Waals surface area contributed by atoms with Crippen molar-refractivity contribution in [3.63, 3.8) is 0 Å². The minimum Gasteiger partial charge on any atom is -0.336 e. The monoisotopic (exact) mass is 304 g/mol. The van der Waals surface area contributed by atoms with E-state index < -0.39 is 17.8 Å². The molecule has 2 rings (SSSR count). The predicted octanol–water partition coefficient (Wildman–Crippen LogP) is -1.35. The van der Waals surface area contributed by atoms with Gasteiger partial charge in [0.1, 0.15) is 6.54 Å². The maximum Gasteiger partial charge on any atom is 0.334 e. The zero-order chi connectivity index (χ0) is 14.2. The molecule has 1 N–H and O–H groups in total. The number of hydrogen-bond acceptors (Lipinski definition) is 5. The molecule has 5 amide bonds. The first-order valence-electron chi connectivity index (χ1n) is 6.07. The van der Waals surface area contributed by atoms with Gasteiger partial charge in [-0.2, -0.15) is 0 Å². The molecule has 0 aliphatic carbocycles. The molecular formula is C11H17ClN4O4. The predicted molar refractivity (Wildman–Crippen MR) is 71.2 cm³/mol. The maximum absolute atomic E-state index is 12.1. The number of amides is 5. The van der Waals surface area contributed by atoms with Gasteiger partial charge < -0.3 is 10.2 Å². The molecule has 2 aliphatic rings. The fourth-order valence-corrected chi connectivity index (χ4v) is 2.19. The SMILES string of the molecule is C[C@H]1CNCCN1C(=O)CN1C(=O)C(=O)N(C)C1=O.Cl. The van der Waals surface area contributed by atoms with Gasteiger partial charge in [0.25, 0.3) is 0 Å². The quantitative estimate of drug-likeness (QED) is 0.503. The van der Waals surface area contributed by atoms with Crippen LogP contribution in [0.2, 0.25) is 0 Å². The molecule has 0 bridgehead atoms. The molecule has 0 unspecified atom stereocenters. The zero-order valence-corrected chi connectivity index (χ0v) is 12.1. The van der Waals surface area contributed by atoms with Crippen LogP contribution in [-0.2, 0) is 14.4 Å². The smallest absolute Gasteiger partial charge is 0.334 e. The van der Waals surface area contributed by atoms with Crippen molar-refractivity contribution in [2.75, 3.05) is 33.2 Å². The van der Waals surface area contributed by atoms with Crippen molar-refractivity contribution in [2.45, 2.75) is 13.0 Å². The second-order valence-electron chi connectivity index (χ2n) is 4.68. The van der Waals surface area contributed by atoms with Gasteiger partial charge in [-0.1, -0.05) is 0 Å². The highest BCUT2D eigenvalue weighted by Crippen LogP contribution is 2.11. The molecule has 0 aromatic carbocycles. The lowest BCUT2D eigenvalue weighted by molar-refractivity contribution is -0.145. The molecule has 2 heterocycles. The highest BCUT2D eigenvalue weighted by atomic mass is 35.5. The fraction of sp³-hybridized carbons (Fsp3) is 0.636. The van der Waals surface area contributed by atoms with E-state index in [-0.39, 0.29) is 30.9 Å². The van der Waals surface area contributed by atoms with Gasteiger partial charge in [0.15, 0.2) is 0 Å². The summed E-state index contributed by atoms with van der Waals surface area (Å²) in [6, 6.07) is -0.742. The Morgan fingerprint density at radius 1 is 1.30 bits per heavy atom. The van der Waals surface area contributed by atoms with Crippen LogP contribution in [0.4, 0.5) is 4.79 Å². The second kappa shape index (κ2) is 6.19. The number of rotatable bonds is 2. The zero-order valence-electron chi connectivity index (χ0n) is 11.3. The van der Waals surface area contributed by atoms with Crippen molar-refractivity contribution in [2.24, 2.45) is 0 Å². The number of nitrogens with zero attached hydrogens (tertiary/aromatic N) is 3. The van der Waals surface area contributed by atoms with Gasteiger partial charge in [-0.25, -0.2) is 9.69 Å². The van der Waals surface area contributed by atoms with Gasteiger partial charge in [0, 0.05) is 32.7 Å². The van der Waals surface area contributed by atoms with E-state index in [0.29, 0.717) is 24.5 Å². The number of piperazine rings is 1.